The fourth-order valence-corrected chi connectivity index (χ4v) is 4.29. The third-order valence-corrected chi connectivity index (χ3v) is 6.33. The number of carbonyl (C=O) groups excluding carboxylic acids is 2. The first-order chi connectivity index (χ1) is 12.9. The summed E-state index contributed by atoms with van der Waals surface area (Å²) in [5, 5.41) is 3.76. The van der Waals surface area contributed by atoms with Gasteiger partial charge in [0.2, 0.25) is 5.91 Å². The molecule has 1 saturated heterocycles. The summed E-state index contributed by atoms with van der Waals surface area (Å²) in [5.41, 5.74) is 8.53. The van der Waals surface area contributed by atoms with Crippen molar-refractivity contribution in [2.75, 3.05) is 18.4 Å². The average Bonchev–Trinajstić information content (AvgIpc) is 2.95. The van der Waals surface area contributed by atoms with Crippen LogP contribution in [0.3, 0.4) is 0 Å². The highest BCUT2D eigenvalue weighted by molar-refractivity contribution is 6.42. The second-order valence-corrected chi connectivity index (χ2v) is 7.86. The van der Waals surface area contributed by atoms with E-state index in [0.29, 0.717) is 48.1 Å². The Morgan fingerprint density at radius 1 is 1.11 bits per heavy atom. The van der Waals surface area contributed by atoms with Crippen LogP contribution in [0.5, 0.6) is 0 Å². The third kappa shape index (κ3) is 3.00. The van der Waals surface area contributed by atoms with Crippen molar-refractivity contribution in [1.29, 1.82) is 0 Å². The summed E-state index contributed by atoms with van der Waals surface area (Å²) in [6.45, 7) is 1.43. The van der Waals surface area contributed by atoms with Gasteiger partial charge in [0.05, 0.1) is 15.5 Å². The van der Waals surface area contributed by atoms with Crippen molar-refractivity contribution in [3.8, 4) is 0 Å². The normalized spacial score (nSPS) is 17.7. The number of halogens is 2. The minimum absolute atomic E-state index is 0.00769. The van der Waals surface area contributed by atoms with Crippen LogP contribution in [0.1, 0.15) is 34.3 Å². The van der Waals surface area contributed by atoms with Gasteiger partial charge in [0.15, 0.2) is 0 Å². The predicted molar refractivity (Wildman–Crippen MR) is 106 cm³/mol. The number of hydrogen-bond donors (Lipinski definition) is 2. The molecule has 0 aromatic heterocycles. The summed E-state index contributed by atoms with van der Waals surface area (Å²) in [4.78, 5) is 27.3. The molecule has 0 saturated carbocycles. The molecule has 3 N–H and O–H groups in total. The van der Waals surface area contributed by atoms with Crippen LogP contribution < -0.4 is 11.1 Å². The first-order valence-corrected chi connectivity index (χ1v) is 9.59. The molecule has 0 unspecified atom stereocenters. The number of fused-ring (bicyclic) bond motifs is 2. The van der Waals surface area contributed by atoms with Crippen molar-refractivity contribution in [3.63, 3.8) is 0 Å². The fourth-order valence-electron chi connectivity index (χ4n) is 3.99. The van der Waals surface area contributed by atoms with E-state index in [9.17, 15) is 9.59 Å². The van der Waals surface area contributed by atoms with E-state index in [0.717, 1.165) is 16.8 Å². The minimum Gasteiger partial charge on any atom is -0.339 e. The molecule has 2 heterocycles. The maximum absolute atomic E-state index is 12.8. The highest BCUT2D eigenvalue weighted by atomic mass is 35.5. The molecular weight excluding hydrogens is 385 g/mol. The molecule has 2 amide bonds. The first kappa shape index (κ1) is 18.3. The van der Waals surface area contributed by atoms with Gasteiger partial charge in [-0.2, -0.15) is 0 Å². The largest absolute Gasteiger partial charge is 0.339 e. The van der Waals surface area contributed by atoms with Gasteiger partial charge in [0.1, 0.15) is 0 Å². The van der Waals surface area contributed by atoms with E-state index in [1.807, 2.05) is 18.2 Å². The summed E-state index contributed by atoms with van der Waals surface area (Å²) < 4.78 is 0. The number of piperidine rings is 1. The first-order valence-electron chi connectivity index (χ1n) is 8.84. The summed E-state index contributed by atoms with van der Waals surface area (Å²) >= 11 is 12.0. The fraction of sp³-hybridized carbons (Fsp3) is 0.300. The van der Waals surface area contributed by atoms with Gasteiger partial charge >= 0.3 is 0 Å². The maximum atomic E-state index is 12.8. The smallest absolute Gasteiger partial charge is 0.253 e. The van der Waals surface area contributed by atoms with Crippen LogP contribution in [0.25, 0.3) is 0 Å². The topological polar surface area (TPSA) is 75.4 Å². The van der Waals surface area contributed by atoms with Crippen LogP contribution in [-0.2, 0) is 16.8 Å². The monoisotopic (exact) mass is 403 g/mol. The van der Waals surface area contributed by atoms with E-state index in [1.165, 1.54) is 0 Å². The zero-order valence-corrected chi connectivity index (χ0v) is 16.1. The van der Waals surface area contributed by atoms with E-state index in [4.69, 9.17) is 28.9 Å². The summed E-state index contributed by atoms with van der Waals surface area (Å²) in [5.74, 6) is -0.0916. The number of rotatable bonds is 2. The number of nitrogens with two attached hydrogens (primary N) is 1. The lowest BCUT2D eigenvalue weighted by Gasteiger charge is -2.38. The molecule has 4 rings (SSSR count). The number of nitrogens with zero attached hydrogens (tertiary/aromatic N) is 1. The van der Waals surface area contributed by atoms with E-state index in [1.54, 1.807) is 23.1 Å². The Morgan fingerprint density at radius 2 is 1.85 bits per heavy atom. The van der Waals surface area contributed by atoms with Crippen molar-refractivity contribution in [2.45, 2.75) is 24.8 Å². The molecule has 0 radical (unpaired) electrons. The van der Waals surface area contributed by atoms with Gasteiger partial charge in [-0.3, -0.25) is 9.59 Å². The molecule has 0 atom stereocenters. The summed E-state index contributed by atoms with van der Waals surface area (Å²) in [7, 11) is 0. The van der Waals surface area contributed by atoms with E-state index in [-0.39, 0.29) is 11.8 Å². The van der Waals surface area contributed by atoms with Gasteiger partial charge < -0.3 is 16.0 Å². The van der Waals surface area contributed by atoms with Crippen LogP contribution in [-0.4, -0.2) is 29.8 Å². The van der Waals surface area contributed by atoms with Gasteiger partial charge in [0.25, 0.3) is 5.91 Å². The Bertz CT molecular complexity index is 937. The van der Waals surface area contributed by atoms with E-state index < -0.39 is 5.41 Å². The second kappa shape index (κ2) is 6.82. The molecule has 7 heteroatoms. The van der Waals surface area contributed by atoms with Crippen molar-refractivity contribution in [3.05, 3.63) is 63.1 Å². The van der Waals surface area contributed by atoms with Crippen molar-refractivity contribution in [1.82, 2.24) is 4.90 Å². The van der Waals surface area contributed by atoms with Crippen molar-refractivity contribution < 1.29 is 9.59 Å². The molecule has 140 valence electrons. The summed E-state index contributed by atoms with van der Waals surface area (Å²) in [6, 6.07) is 10.7. The third-order valence-electron chi connectivity index (χ3n) is 5.59. The number of amides is 2. The van der Waals surface area contributed by atoms with Gasteiger partial charge in [-0.1, -0.05) is 35.3 Å². The average molecular weight is 404 g/mol. The lowest BCUT2D eigenvalue weighted by Crippen LogP contribution is -2.48. The van der Waals surface area contributed by atoms with E-state index in [2.05, 4.69) is 5.32 Å². The van der Waals surface area contributed by atoms with Gasteiger partial charge in [-0.25, -0.2) is 0 Å². The molecule has 0 bridgehead atoms. The molecule has 2 aliphatic rings. The number of anilines is 1. The zero-order chi connectivity index (χ0) is 19.2. The number of likely N-dealkylation sites (tertiary alicyclic amines) is 1. The molecule has 2 aromatic rings. The number of benzene rings is 2. The number of carbonyl (C=O) groups is 2. The summed E-state index contributed by atoms with van der Waals surface area (Å²) in [6.07, 6.45) is 1.15. The Kier molecular flexibility index (Phi) is 4.62. The predicted octanol–water partition coefficient (Wildman–Crippen LogP) is 3.58. The molecule has 5 nitrogen and oxygen atoms in total. The van der Waals surface area contributed by atoms with Crippen LogP contribution >= 0.6 is 23.2 Å². The second-order valence-electron chi connectivity index (χ2n) is 7.04. The molecule has 1 fully saturated rings. The van der Waals surface area contributed by atoms with Gasteiger partial charge in [-0.15, -0.1) is 0 Å². The van der Waals surface area contributed by atoms with Crippen molar-refractivity contribution >= 4 is 40.7 Å². The minimum atomic E-state index is -0.588. The molecule has 0 aliphatic carbocycles. The number of hydrogen-bond acceptors (Lipinski definition) is 3. The lowest BCUT2D eigenvalue weighted by molar-refractivity contribution is -0.122. The Balaban J connectivity index is 1.56. The molecule has 1 spiro atoms. The van der Waals surface area contributed by atoms with Gasteiger partial charge in [-0.05, 0) is 48.2 Å². The Labute approximate surface area is 167 Å². The lowest BCUT2D eigenvalue weighted by atomic mass is 9.73. The standard InChI is InChI=1S/C20H19Cl2N3O2/c21-15-3-2-13(10-16(15)22)18(26)25-7-5-20(6-8-25)14-9-12(11-23)1-4-17(14)24-19(20)27/h1-4,9-10H,5-8,11,23H2,(H,24,27). The van der Waals surface area contributed by atoms with Crippen LogP contribution in [0.4, 0.5) is 5.69 Å². The van der Waals surface area contributed by atoms with Gasteiger partial charge in [0, 0.05) is 30.9 Å². The van der Waals surface area contributed by atoms with Crippen LogP contribution in [0.2, 0.25) is 10.0 Å². The quantitative estimate of drug-likeness (QED) is 0.804. The molecule has 27 heavy (non-hydrogen) atoms. The number of nitrogens with one attached hydrogen (secondary N) is 1. The van der Waals surface area contributed by atoms with Crippen molar-refractivity contribution in [2.24, 2.45) is 5.73 Å². The highest BCUT2D eigenvalue weighted by Crippen LogP contribution is 2.45. The van der Waals surface area contributed by atoms with Crippen LogP contribution in [0, 0.1) is 0 Å². The molecule has 2 aliphatic heterocycles. The molecular formula is C20H19Cl2N3O2. The highest BCUT2D eigenvalue weighted by Gasteiger charge is 2.49. The SMILES string of the molecule is NCc1ccc2c(c1)C1(CCN(C(=O)c3ccc(Cl)c(Cl)c3)CC1)C(=O)N2. The van der Waals surface area contributed by atoms with Crippen LogP contribution in [0.15, 0.2) is 36.4 Å². The molecule has 2 aromatic carbocycles. The maximum Gasteiger partial charge on any atom is 0.253 e. The zero-order valence-electron chi connectivity index (χ0n) is 14.6. The van der Waals surface area contributed by atoms with E-state index >= 15 is 0 Å². The Hall–Kier alpha value is -2.08. The Morgan fingerprint density at radius 3 is 2.52 bits per heavy atom.